The van der Waals surface area contributed by atoms with Gasteiger partial charge in [-0.05, 0) is 37.8 Å². The van der Waals surface area contributed by atoms with Crippen molar-refractivity contribution in [3.05, 3.63) is 42.7 Å². The summed E-state index contributed by atoms with van der Waals surface area (Å²) in [7, 11) is 0. The summed E-state index contributed by atoms with van der Waals surface area (Å²) < 4.78 is 0. The molecule has 13 heavy (non-hydrogen) atoms. The molecule has 0 N–H and O–H groups in total. The molecule has 0 fully saturated rings. The van der Waals surface area contributed by atoms with Gasteiger partial charge in [-0.25, -0.2) is 0 Å². The number of aryl methyl sites for hydroxylation is 1. The SMILES string of the molecule is C=CCCCCCc1ccccn1. The second-order valence-corrected chi connectivity index (χ2v) is 3.21. The van der Waals surface area contributed by atoms with E-state index in [1.807, 2.05) is 24.4 Å². The number of hydrogen-bond donors (Lipinski definition) is 0. The van der Waals surface area contributed by atoms with Gasteiger partial charge in [-0.15, -0.1) is 6.58 Å². The molecule has 0 aliphatic heterocycles. The number of pyridine rings is 1. The molecule has 0 spiro atoms. The Kier molecular flexibility index (Phi) is 4.92. The van der Waals surface area contributed by atoms with E-state index in [1.165, 1.54) is 25.0 Å². The van der Waals surface area contributed by atoms with Crippen LogP contribution in [0.4, 0.5) is 0 Å². The van der Waals surface area contributed by atoms with Gasteiger partial charge < -0.3 is 0 Å². The lowest BCUT2D eigenvalue weighted by atomic mass is 10.1. The van der Waals surface area contributed by atoms with Crippen LogP contribution in [0.15, 0.2) is 37.1 Å². The van der Waals surface area contributed by atoms with E-state index in [1.54, 1.807) is 0 Å². The van der Waals surface area contributed by atoms with Crippen molar-refractivity contribution in [3.63, 3.8) is 0 Å². The summed E-state index contributed by atoms with van der Waals surface area (Å²) in [6.07, 6.45) is 9.88. The summed E-state index contributed by atoms with van der Waals surface area (Å²) in [6.45, 7) is 3.70. The third-order valence-electron chi connectivity index (χ3n) is 2.07. The summed E-state index contributed by atoms with van der Waals surface area (Å²) in [5, 5.41) is 0. The Morgan fingerprint density at radius 3 is 2.85 bits per heavy atom. The lowest BCUT2D eigenvalue weighted by molar-refractivity contribution is 0.680. The molecule has 0 aliphatic carbocycles. The molecule has 0 unspecified atom stereocenters. The highest BCUT2D eigenvalue weighted by Gasteiger charge is 1.92. The highest BCUT2D eigenvalue weighted by Crippen LogP contribution is 2.05. The van der Waals surface area contributed by atoms with Crippen molar-refractivity contribution in [3.8, 4) is 0 Å². The monoisotopic (exact) mass is 175 g/mol. The maximum Gasteiger partial charge on any atom is 0.0403 e. The van der Waals surface area contributed by atoms with Gasteiger partial charge in [0.1, 0.15) is 0 Å². The van der Waals surface area contributed by atoms with Crippen molar-refractivity contribution < 1.29 is 0 Å². The maximum atomic E-state index is 4.28. The first kappa shape index (κ1) is 9.97. The first-order valence-corrected chi connectivity index (χ1v) is 4.94. The van der Waals surface area contributed by atoms with Crippen LogP contribution in [0.2, 0.25) is 0 Å². The van der Waals surface area contributed by atoms with E-state index in [9.17, 15) is 0 Å². The van der Waals surface area contributed by atoms with Gasteiger partial charge in [0.05, 0.1) is 0 Å². The largest absolute Gasteiger partial charge is 0.261 e. The van der Waals surface area contributed by atoms with Crippen LogP contribution in [0.25, 0.3) is 0 Å². The quantitative estimate of drug-likeness (QED) is 0.477. The zero-order valence-corrected chi connectivity index (χ0v) is 8.08. The number of nitrogens with zero attached hydrogens (tertiary/aromatic N) is 1. The van der Waals surface area contributed by atoms with E-state index >= 15 is 0 Å². The number of hydrogen-bond acceptors (Lipinski definition) is 1. The zero-order valence-electron chi connectivity index (χ0n) is 8.08. The van der Waals surface area contributed by atoms with Crippen molar-refractivity contribution in [2.75, 3.05) is 0 Å². The lowest BCUT2D eigenvalue weighted by Gasteiger charge is -1.98. The second-order valence-electron chi connectivity index (χ2n) is 3.21. The van der Waals surface area contributed by atoms with Crippen LogP contribution in [0.1, 0.15) is 31.4 Å². The van der Waals surface area contributed by atoms with E-state index in [-0.39, 0.29) is 0 Å². The van der Waals surface area contributed by atoms with Gasteiger partial charge in [-0.1, -0.05) is 18.6 Å². The molecule has 1 heteroatoms. The van der Waals surface area contributed by atoms with Gasteiger partial charge in [0, 0.05) is 11.9 Å². The molecular formula is C12H17N. The molecule has 0 aliphatic rings. The molecule has 0 radical (unpaired) electrons. The minimum atomic E-state index is 1.11. The van der Waals surface area contributed by atoms with E-state index in [0.29, 0.717) is 0 Å². The zero-order chi connectivity index (χ0) is 9.36. The Labute approximate surface area is 80.5 Å². The highest BCUT2D eigenvalue weighted by molar-refractivity contribution is 5.03. The Balaban J connectivity index is 2.10. The van der Waals surface area contributed by atoms with E-state index < -0.39 is 0 Å². The third-order valence-corrected chi connectivity index (χ3v) is 2.07. The van der Waals surface area contributed by atoms with Gasteiger partial charge >= 0.3 is 0 Å². The minimum Gasteiger partial charge on any atom is -0.261 e. The van der Waals surface area contributed by atoms with Crippen molar-refractivity contribution in [1.82, 2.24) is 4.98 Å². The van der Waals surface area contributed by atoms with Gasteiger partial charge in [-0.3, -0.25) is 4.98 Å². The Morgan fingerprint density at radius 1 is 1.23 bits per heavy atom. The predicted octanol–water partition coefficient (Wildman–Crippen LogP) is 3.37. The maximum absolute atomic E-state index is 4.28. The van der Waals surface area contributed by atoms with Crippen LogP contribution < -0.4 is 0 Å². The summed E-state index contributed by atoms with van der Waals surface area (Å²) in [4.78, 5) is 4.28. The molecular weight excluding hydrogens is 158 g/mol. The topological polar surface area (TPSA) is 12.9 Å². The van der Waals surface area contributed by atoms with E-state index in [2.05, 4.69) is 17.6 Å². The number of rotatable bonds is 6. The molecule has 1 aromatic heterocycles. The van der Waals surface area contributed by atoms with Crippen molar-refractivity contribution in [2.24, 2.45) is 0 Å². The molecule has 0 atom stereocenters. The summed E-state index contributed by atoms with van der Waals surface area (Å²) in [5.41, 5.74) is 1.21. The second kappa shape index (κ2) is 6.41. The summed E-state index contributed by atoms with van der Waals surface area (Å²) >= 11 is 0. The lowest BCUT2D eigenvalue weighted by Crippen LogP contribution is -1.88. The first-order valence-electron chi connectivity index (χ1n) is 4.94. The Bertz CT molecular complexity index is 228. The van der Waals surface area contributed by atoms with Gasteiger partial charge in [-0.2, -0.15) is 0 Å². The van der Waals surface area contributed by atoms with Crippen LogP contribution >= 0.6 is 0 Å². The average Bonchev–Trinajstić information content (AvgIpc) is 2.19. The number of allylic oxidation sites excluding steroid dienone is 1. The smallest absolute Gasteiger partial charge is 0.0403 e. The molecule has 1 rings (SSSR count). The third kappa shape index (κ3) is 4.46. The van der Waals surface area contributed by atoms with Crippen LogP contribution in [-0.2, 0) is 6.42 Å². The Morgan fingerprint density at radius 2 is 2.15 bits per heavy atom. The molecule has 70 valence electrons. The van der Waals surface area contributed by atoms with Gasteiger partial charge in [0.15, 0.2) is 0 Å². The molecule has 0 saturated heterocycles. The van der Waals surface area contributed by atoms with Crippen LogP contribution in [0.3, 0.4) is 0 Å². The van der Waals surface area contributed by atoms with Crippen molar-refractivity contribution >= 4 is 0 Å². The fourth-order valence-electron chi connectivity index (χ4n) is 1.32. The standard InChI is InChI=1S/C12H17N/c1-2-3-4-5-6-9-12-10-7-8-11-13-12/h2,7-8,10-11H,1,3-6,9H2. The van der Waals surface area contributed by atoms with Crippen LogP contribution in [0.5, 0.6) is 0 Å². The molecule has 1 nitrogen and oxygen atoms in total. The van der Waals surface area contributed by atoms with Gasteiger partial charge in [0.2, 0.25) is 0 Å². The van der Waals surface area contributed by atoms with Crippen molar-refractivity contribution in [2.45, 2.75) is 32.1 Å². The molecule has 0 saturated carbocycles. The number of aromatic nitrogens is 1. The molecule has 0 aromatic carbocycles. The fourth-order valence-corrected chi connectivity index (χ4v) is 1.32. The predicted molar refractivity (Wildman–Crippen MR) is 56.6 cm³/mol. The molecule has 0 amide bonds. The highest BCUT2D eigenvalue weighted by atomic mass is 14.7. The van der Waals surface area contributed by atoms with Gasteiger partial charge in [0.25, 0.3) is 0 Å². The molecule has 0 bridgehead atoms. The van der Waals surface area contributed by atoms with E-state index in [4.69, 9.17) is 0 Å². The summed E-state index contributed by atoms with van der Waals surface area (Å²) in [6, 6.07) is 6.10. The Hall–Kier alpha value is -1.11. The summed E-state index contributed by atoms with van der Waals surface area (Å²) in [5.74, 6) is 0. The van der Waals surface area contributed by atoms with Crippen LogP contribution in [-0.4, -0.2) is 4.98 Å². The molecule has 1 aromatic rings. The fraction of sp³-hybridized carbons (Fsp3) is 0.417. The molecule has 1 heterocycles. The first-order chi connectivity index (χ1) is 6.43. The van der Waals surface area contributed by atoms with Crippen LogP contribution in [0, 0.1) is 0 Å². The van der Waals surface area contributed by atoms with Crippen molar-refractivity contribution in [1.29, 1.82) is 0 Å². The normalized spacial score (nSPS) is 9.85. The van der Waals surface area contributed by atoms with E-state index in [0.717, 1.165) is 12.8 Å². The minimum absolute atomic E-state index is 1.11. The number of unbranched alkanes of at least 4 members (excludes halogenated alkanes) is 3. The average molecular weight is 175 g/mol.